The van der Waals surface area contributed by atoms with Crippen LogP contribution < -0.4 is 5.32 Å². The summed E-state index contributed by atoms with van der Waals surface area (Å²) < 4.78 is 29.1. The number of benzene rings is 1. The van der Waals surface area contributed by atoms with Crippen LogP contribution in [0.3, 0.4) is 0 Å². The molecule has 0 fully saturated rings. The number of nitrogens with one attached hydrogen (secondary N) is 1. The Balaban J connectivity index is 2.73. The molecule has 0 aliphatic heterocycles. The zero-order valence-electron chi connectivity index (χ0n) is 15.6. The molecule has 10 heteroatoms. The first-order valence-electron chi connectivity index (χ1n) is 8.42. The van der Waals surface area contributed by atoms with Crippen LogP contribution in [0.1, 0.15) is 25.8 Å². The topological polar surface area (TPSA) is 144 Å². The highest BCUT2D eigenvalue weighted by molar-refractivity contribution is 7.90. The molecule has 0 aromatic heterocycles. The average Bonchev–Trinajstić information content (AvgIpc) is 2.58. The third-order valence-corrected chi connectivity index (χ3v) is 5.46. The number of aliphatic carboxylic acids is 1. The van der Waals surface area contributed by atoms with Gasteiger partial charge < -0.3 is 15.2 Å². The molecule has 1 rings (SSSR count). The van der Waals surface area contributed by atoms with Gasteiger partial charge in [-0.1, -0.05) is 37.3 Å². The first-order chi connectivity index (χ1) is 13.0. The number of ether oxygens (including phenoxy) is 1. The fourth-order valence-corrected chi connectivity index (χ4v) is 4.08. The second kappa shape index (κ2) is 10.5. The summed E-state index contributed by atoms with van der Waals surface area (Å²) in [6.07, 6.45) is -0.713. The zero-order valence-corrected chi connectivity index (χ0v) is 16.4. The molecule has 1 aromatic rings. The van der Waals surface area contributed by atoms with Crippen LogP contribution in [0.25, 0.3) is 0 Å². The van der Waals surface area contributed by atoms with Gasteiger partial charge >= 0.3 is 11.9 Å². The summed E-state index contributed by atoms with van der Waals surface area (Å²) in [7, 11) is -3.61. The van der Waals surface area contributed by atoms with Crippen molar-refractivity contribution in [3.05, 3.63) is 35.9 Å². The van der Waals surface area contributed by atoms with Crippen molar-refractivity contribution in [2.75, 3.05) is 12.4 Å². The van der Waals surface area contributed by atoms with E-state index in [1.165, 1.54) is 6.92 Å². The van der Waals surface area contributed by atoms with Crippen LogP contribution in [0.15, 0.2) is 30.3 Å². The lowest BCUT2D eigenvalue weighted by Gasteiger charge is -2.19. The Hall–Kier alpha value is -2.75. The molecule has 0 aliphatic rings. The van der Waals surface area contributed by atoms with Crippen molar-refractivity contribution in [1.29, 1.82) is 0 Å². The number of carboxylic acids is 1. The molecule has 0 bridgehead atoms. The Morgan fingerprint density at radius 1 is 1.14 bits per heavy atom. The second-order valence-corrected chi connectivity index (χ2v) is 8.46. The first kappa shape index (κ1) is 23.3. The minimum Gasteiger partial charge on any atom is -0.481 e. The fourth-order valence-electron chi connectivity index (χ4n) is 2.35. The van der Waals surface area contributed by atoms with Gasteiger partial charge in [0.05, 0.1) is 17.9 Å². The Labute approximate surface area is 163 Å². The van der Waals surface area contributed by atoms with Gasteiger partial charge in [-0.15, -0.1) is 0 Å². The highest BCUT2D eigenvalue weighted by Gasteiger charge is 2.28. The van der Waals surface area contributed by atoms with Crippen LogP contribution in [0.4, 0.5) is 0 Å². The van der Waals surface area contributed by atoms with Crippen LogP contribution in [-0.2, 0) is 39.5 Å². The summed E-state index contributed by atoms with van der Waals surface area (Å²) in [5.74, 6) is -5.36. The van der Waals surface area contributed by atoms with E-state index >= 15 is 0 Å². The maximum atomic E-state index is 12.3. The van der Waals surface area contributed by atoms with Gasteiger partial charge in [-0.3, -0.25) is 19.2 Å². The third kappa shape index (κ3) is 8.76. The fraction of sp³-hybridized carbons (Fsp3) is 0.444. The normalized spacial score (nSPS) is 13.2. The van der Waals surface area contributed by atoms with Crippen molar-refractivity contribution < 1.29 is 37.4 Å². The van der Waals surface area contributed by atoms with Gasteiger partial charge in [0.15, 0.2) is 22.2 Å². The van der Waals surface area contributed by atoms with Gasteiger partial charge in [0.25, 0.3) is 0 Å². The van der Waals surface area contributed by atoms with E-state index in [4.69, 9.17) is 5.11 Å². The molecule has 0 saturated heterocycles. The number of carboxylic acid groups (broad SMARTS) is 1. The molecule has 0 spiro atoms. The highest BCUT2D eigenvalue weighted by Crippen LogP contribution is 2.11. The highest BCUT2D eigenvalue weighted by atomic mass is 32.2. The SMILES string of the molecule is CC(=O)OCC(=O)C(CC(=O)O)NC(=O)C(C)CS(=O)(=O)Cc1ccccc1. The van der Waals surface area contributed by atoms with Gasteiger partial charge in [0, 0.05) is 12.8 Å². The molecule has 1 amide bonds. The molecule has 1 aromatic carbocycles. The first-order valence-corrected chi connectivity index (χ1v) is 10.2. The molecular weight excluding hydrogens is 390 g/mol. The van der Waals surface area contributed by atoms with E-state index in [2.05, 4.69) is 10.1 Å². The van der Waals surface area contributed by atoms with Crippen molar-refractivity contribution in [2.24, 2.45) is 5.92 Å². The zero-order chi connectivity index (χ0) is 21.3. The average molecular weight is 413 g/mol. The van der Waals surface area contributed by atoms with Crippen LogP contribution in [0, 0.1) is 5.92 Å². The van der Waals surface area contributed by atoms with E-state index in [0.717, 1.165) is 6.92 Å². The van der Waals surface area contributed by atoms with Crippen molar-refractivity contribution in [1.82, 2.24) is 5.32 Å². The molecule has 2 N–H and O–H groups in total. The summed E-state index contributed by atoms with van der Waals surface area (Å²) in [5, 5.41) is 11.1. The minimum atomic E-state index is -3.61. The molecule has 2 unspecified atom stereocenters. The van der Waals surface area contributed by atoms with Gasteiger partial charge in [-0.05, 0) is 5.56 Å². The quantitative estimate of drug-likeness (QED) is 0.494. The van der Waals surface area contributed by atoms with Gasteiger partial charge in [-0.25, -0.2) is 8.42 Å². The minimum absolute atomic E-state index is 0.241. The summed E-state index contributed by atoms with van der Waals surface area (Å²) in [4.78, 5) is 46.0. The van der Waals surface area contributed by atoms with E-state index in [-0.39, 0.29) is 5.75 Å². The standard InChI is InChI=1S/C18H23NO8S/c1-12(10-28(25,26)11-14-6-4-3-5-7-14)18(24)19-15(8-17(22)23)16(21)9-27-13(2)20/h3-7,12,15H,8-11H2,1-2H3,(H,19,24)(H,22,23). The second-order valence-electron chi connectivity index (χ2n) is 6.35. The Bertz CT molecular complexity index is 819. The van der Waals surface area contributed by atoms with Crippen molar-refractivity contribution in [3.8, 4) is 0 Å². The monoisotopic (exact) mass is 413 g/mol. The van der Waals surface area contributed by atoms with Crippen LogP contribution in [0.2, 0.25) is 0 Å². The smallest absolute Gasteiger partial charge is 0.305 e. The van der Waals surface area contributed by atoms with Gasteiger partial charge in [0.2, 0.25) is 5.91 Å². The molecule has 0 saturated carbocycles. The van der Waals surface area contributed by atoms with Crippen LogP contribution >= 0.6 is 0 Å². The summed E-state index contributed by atoms with van der Waals surface area (Å²) >= 11 is 0. The number of hydrogen-bond donors (Lipinski definition) is 2. The number of Topliss-reactive ketones (excluding diaryl/α,β-unsaturated/α-hetero) is 1. The number of amides is 1. The van der Waals surface area contributed by atoms with Crippen LogP contribution in [0.5, 0.6) is 0 Å². The van der Waals surface area contributed by atoms with Gasteiger partial charge in [-0.2, -0.15) is 0 Å². The molecule has 28 heavy (non-hydrogen) atoms. The molecule has 2 atom stereocenters. The summed E-state index contributed by atoms with van der Waals surface area (Å²) in [6, 6.07) is 7.03. The maximum absolute atomic E-state index is 12.3. The number of carbonyl (C=O) groups excluding carboxylic acids is 3. The molecule has 0 heterocycles. The van der Waals surface area contributed by atoms with E-state index < -0.39 is 64.2 Å². The van der Waals surface area contributed by atoms with E-state index in [1.807, 2.05) is 0 Å². The number of esters is 1. The number of ketones is 1. The van der Waals surface area contributed by atoms with E-state index in [0.29, 0.717) is 5.56 Å². The number of carbonyl (C=O) groups is 4. The summed E-state index contributed by atoms with van der Waals surface area (Å²) in [6.45, 7) is 1.76. The largest absolute Gasteiger partial charge is 0.481 e. The van der Waals surface area contributed by atoms with E-state index in [9.17, 15) is 27.6 Å². The molecule has 0 aliphatic carbocycles. The van der Waals surface area contributed by atoms with E-state index in [1.54, 1.807) is 30.3 Å². The Morgan fingerprint density at radius 2 is 1.75 bits per heavy atom. The molecular formula is C18H23NO8S. The predicted molar refractivity (Wildman–Crippen MR) is 98.9 cm³/mol. The molecule has 0 radical (unpaired) electrons. The Kier molecular flexibility index (Phi) is 8.77. The van der Waals surface area contributed by atoms with Gasteiger partial charge in [0.1, 0.15) is 6.04 Å². The molecule has 9 nitrogen and oxygen atoms in total. The molecule has 154 valence electrons. The van der Waals surface area contributed by atoms with Crippen LogP contribution in [-0.4, -0.2) is 55.6 Å². The van der Waals surface area contributed by atoms with Crippen molar-refractivity contribution in [2.45, 2.75) is 32.1 Å². The number of rotatable bonds is 11. The Morgan fingerprint density at radius 3 is 2.29 bits per heavy atom. The maximum Gasteiger partial charge on any atom is 0.305 e. The summed E-state index contributed by atoms with van der Waals surface area (Å²) in [5.41, 5.74) is 0.579. The third-order valence-electron chi connectivity index (χ3n) is 3.68. The number of hydrogen-bond acceptors (Lipinski definition) is 7. The number of sulfone groups is 1. The predicted octanol–water partition coefficient (Wildman–Crippen LogP) is 0.329. The van der Waals surface area contributed by atoms with Crippen molar-refractivity contribution >= 4 is 33.5 Å². The lowest BCUT2D eigenvalue weighted by molar-refractivity contribution is -0.147. The van der Waals surface area contributed by atoms with Crippen molar-refractivity contribution in [3.63, 3.8) is 0 Å². The lowest BCUT2D eigenvalue weighted by atomic mass is 10.1. The lowest BCUT2D eigenvalue weighted by Crippen LogP contribution is -2.46.